The van der Waals surface area contributed by atoms with Crippen molar-refractivity contribution in [3.8, 4) is 0 Å². The minimum Gasteiger partial charge on any atom is -0.393 e. The zero-order chi connectivity index (χ0) is 13.9. The predicted molar refractivity (Wildman–Crippen MR) is 84.4 cm³/mol. The zero-order valence-corrected chi connectivity index (χ0v) is 13.4. The second-order valence-corrected chi connectivity index (χ2v) is 6.67. The van der Waals surface area contributed by atoms with Crippen molar-refractivity contribution >= 4 is 0 Å². The molecule has 1 aliphatic rings. The third-order valence-corrected chi connectivity index (χ3v) is 5.01. The Kier molecular flexibility index (Phi) is 9.59. The summed E-state index contributed by atoms with van der Waals surface area (Å²) in [6.07, 6.45) is 17.4. The van der Waals surface area contributed by atoms with E-state index in [1.807, 2.05) is 0 Å². The van der Waals surface area contributed by atoms with E-state index < -0.39 is 0 Å². The summed E-state index contributed by atoms with van der Waals surface area (Å²) in [7, 11) is 0. The standard InChI is InChI=1S/C18H36O/c1-3-5-7-8-9-11-16(10-6-4-2)17-12-14-18(19)15-13-17/h16-19H,3-15H2,1-2H3. The summed E-state index contributed by atoms with van der Waals surface area (Å²) in [6, 6.07) is 0. The smallest absolute Gasteiger partial charge is 0.0540 e. The third kappa shape index (κ3) is 7.34. The Morgan fingerprint density at radius 2 is 1.37 bits per heavy atom. The van der Waals surface area contributed by atoms with Crippen LogP contribution in [0, 0.1) is 11.8 Å². The van der Waals surface area contributed by atoms with Gasteiger partial charge in [-0.2, -0.15) is 0 Å². The molecule has 0 amide bonds. The van der Waals surface area contributed by atoms with Crippen molar-refractivity contribution in [2.75, 3.05) is 0 Å². The average Bonchev–Trinajstić information content (AvgIpc) is 2.43. The van der Waals surface area contributed by atoms with E-state index >= 15 is 0 Å². The van der Waals surface area contributed by atoms with Gasteiger partial charge in [0.05, 0.1) is 6.10 Å². The lowest BCUT2D eigenvalue weighted by molar-refractivity contribution is 0.0859. The van der Waals surface area contributed by atoms with E-state index in [-0.39, 0.29) is 6.10 Å². The molecule has 1 aliphatic carbocycles. The number of unbranched alkanes of at least 4 members (excludes halogenated alkanes) is 5. The SMILES string of the molecule is CCCCCCCC(CCCC)C1CCC(O)CC1. The Morgan fingerprint density at radius 3 is 2.00 bits per heavy atom. The minimum absolute atomic E-state index is 0.00706. The molecule has 1 unspecified atom stereocenters. The Bertz CT molecular complexity index is 194. The fourth-order valence-corrected chi connectivity index (χ4v) is 3.67. The van der Waals surface area contributed by atoms with Gasteiger partial charge in [0.25, 0.3) is 0 Å². The number of aliphatic hydroxyl groups is 1. The highest BCUT2D eigenvalue weighted by molar-refractivity contribution is 4.77. The van der Waals surface area contributed by atoms with Crippen molar-refractivity contribution in [3.05, 3.63) is 0 Å². The molecular weight excluding hydrogens is 232 g/mol. The van der Waals surface area contributed by atoms with Crippen LogP contribution < -0.4 is 0 Å². The monoisotopic (exact) mass is 268 g/mol. The topological polar surface area (TPSA) is 20.2 Å². The van der Waals surface area contributed by atoms with Crippen LogP contribution in [0.5, 0.6) is 0 Å². The Balaban J connectivity index is 2.25. The number of aliphatic hydroxyl groups excluding tert-OH is 1. The number of hydrogen-bond acceptors (Lipinski definition) is 1. The van der Waals surface area contributed by atoms with Crippen molar-refractivity contribution in [2.24, 2.45) is 11.8 Å². The quantitative estimate of drug-likeness (QED) is 0.503. The van der Waals surface area contributed by atoms with Crippen LogP contribution in [0.3, 0.4) is 0 Å². The summed E-state index contributed by atoms with van der Waals surface area (Å²) >= 11 is 0. The Morgan fingerprint density at radius 1 is 0.789 bits per heavy atom. The van der Waals surface area contributed by atoms with Gasteiger partial charge < -0.3 is 5.11 Å². The highest BCUT2D eigenvalue weighted by atomic mass is 16.3. The predicted octanol–water partition coefficient (Wildman–Crippen LogP) is 5.70. The van der Waals surface area contributed by atoms with Crippen LogP contribution in [0.1, 0.15) is 97.3 Å². The molecule has 0 spiro atoms. The molecular formula is C18H36O. The largest absolute Gasteiger partial charge is 0.393 e. The third-order valence-electron chi connectivity index (χ3n) is 5.01. The van der Waals surface area contributed by atoms with Gasteiger partial charge >= 0.3 is 0 Å². The average molecular weight is 268 g/mol. The lowest BCUT2D eigenvalue weighted by atomic mass is 9.75. The first kappa shape index (κ1) is 17.0. The first-order valence-electron chi connectivity index (χ1n) is 8.96. The first-order chi connectivity index (χ1) is 9.27. The molecule has 114 valence electrons. The molecule has 0 aromatic heterocycles. The molecule has 1 atom stereocenters. The maximum Gasteiger partial charge on any atom is 0.0540 e. The van der Waals surface area contributed by atoms with E-state index in [4.69, 9.17) is 0 Å². The van der Waals surface area contributed by atoms with Gasteiger partial charge in [-0.1, -0.05) is 71.6 Å². The second kappa shape index (κ2) is 10.7. The first-order valence-corrected chi connectivity index (χ1v) is 8.96. The van der Waals surface area contributed by atoms with E-state index in [0.717, 1.165) is 24.7 Å². The maximum absolute atomic E-state index is 9.66. The van der Waals surface area contributed by atoms with Gasteiger partial charge in [-0.05, 0) is 37.5 Å². The summed E-state index contributed by atoms with van der Waals surface area (Å²) in [5.74, 6) is 1.87. The van der Waals surface area contributed by atoms with Crippen LogP contribution in [-0.2, 0) is 0 Å². The van der Waals surface area contributed by atoms with Crippen LogP contribution in [0.25, 0.3) is 0 Å². The fourth-order valence-electron chi connectivity index (χ4n) is 3.67. The van der Waals surface area contributed by atoms with E-state index in [2.05, 4.69) is 13.8 Å². The molecule has 1 heteroatoms. The summed E-state index contributed by atoms with van der Waals surface area (Å²) in [4.78, 5) is 0. The molecule has 1 N–H and O–H groups in total. The Hall–Kier alpha value is -0.0400. The summed E-state index contributed by atoms with van der Waals surface area (Å²) < 4.78 is 0. The summed E-state index contributed by atoms with van der Waals surface area (Å²) in [5.41, 5.74) is 0. The molecule has 0 saturated heterocycles. The van der Waals surface area contributed by atoms with Crippen LogP contribution in [0.15, 0.2) is 0 Å². The van der Waals surface area contributed by atoms with Crippen LogP contribution in [0.2, 0.25) is 0 Å². The summed E-state index contributed by atoms with van der Waals surface area (Å²) in [5, 5.41) is 9.66. The normalized spacial score (nSPS) is 25.4. The van der Waals surface area contributed by atoms with E-state index in [0.29, 0.717) is 0 Å². The van der Waals surface area contributed by atoms with E-state index in [9.17, 15) is 5.11 Å². The van der Waals surface area contributed by atoms with E-state index in [1.54, 1.807) is 0 Å². The van der Waals surface area contributed by atoms with Crippen LogP contribution >= 0.6 is 0 Å². The molecule has 0 heterocycles. The summed E-state index contributed by atoms with van der Waals surface area (Å²) in [6.45, 7) is 4.60. The van der Waals surface area contributed by atoms with Gasteiger partial charge in [0.15, 0.2) is 0 Å². The lowest BCUT2D eigenvalue weighted by Gasteiger charge is -2.32. The van der Waals surface area contributed by atoms with Gasteiger partial charge in [-0.3, -0.25) is 0 Å². The molecule has 1 nitrogen and oxygen atoms in total. The van der Waals surface area contributed by atoms with Crippen molar-refractivity contribution < 1.29 is 5.11 Å². The molecule has 19 heavy (non-hydrogen) atoms. The molecule has 0 aromatic rings. The van der Waals surface area contributed by atoms with Crippen molar-refractivity contribution in [1.29, 1.82) is 0 Å². The highest BCUT2D eigenvalue weighted by Crippen LogP contribution is 2.35. The van der Waals surface area contributed by atoms with Gasteiger partial charge in [0.2, 0.25) is 0 Å². The number of rotatable bonds is 10. The second-order valence-electron chi connectivity index (χ2n) is 6.67. The number of hydrogen-bond donors (Lipinski definition) is 1. The van der Waals surface area contributed by atoms with Crippen LogP contribution in [0.4, 0.5) is 0 Å². The molecule has 0 bridgehead atoms. The molecule has 0 aromatic carbocycles. The van der Waals surface area contributed by atoms with Gasteiger partial charge in [0, 0.05) is 0 Å². The fraction of sp³-hybridized carbons (Fsp3) is 1.00. The maximum atomic E-state index is 9.66. The zero-order valence-electron chi connectivity index (χ0n) is 13.4. The van der Waals surface area contributed by atoms with Crippen molar-refractivity contribution in [3.63, 3.8) is 0 Å². The van der Waals surface area contributed by atoms with Gasteiger partial charge in [-0.25, -0.2) is 0 Å². The molecule has 0 radical (unpaired) electrons. The molecule has 1 fully saturated rings. The molecule has 1 rings (SSSR count). The molecule has 1 saturated carbocycles. The van der Waals surface area contributed by atoms with Gasteiger partial charge in [-0.15, -0.1) is 0 Å². The van der Waals surface area contributed by atoms with Crippen molar-refractivity contribution in [2.45, 2.75) is 103 Å². The minimum atomic E-state index is 0.00706. The highest BCUT2D eigenvalue weighted by Gasteiger charge is 2.25. The van der Waals surface area contributed by atoms with Crippen molar-refractivity contribution in [1.82, 2.24) is 0 Å². The van der Waals surface area contributed by atoms with Crippen LogP contribution in [-0.4, -0.2) is 11.2 Å². The van der Waals surface area contributed by atoms with E-state index in [1.165, 1.54) is 70.6 Å². The molecule has 0 aliphatic heterocycles. The Labute approximate surface area is 121 Å². The van der Waals surface area contributed by atoms with Gasteiger partial charge in [0.1, 0.15) is 0 Å². The lowest BCUT2D eigenvalue weighted by Crippen LogP contribution is -2.24.